The molecule has 0 bridgehead atoms. The number of halogens is 1. The molecule has 0 aliphatic carbocycles. The number of hydrogen-bond acceptors (Lipinski definition) is 8. The third kappa shape index (κ3) is 4.86. The number of nitrogen functional groups attached to an aromatic ring is 1. The molecule has 0 saturated carbocycles. The van der Waals surface area contributed by atoms with E-state index >= 15 is 0 Å². The number of amides is 1. The fourth-order valence-electron chi connectivity index (χ4n) is 3.83. The number of anilines is 3. The number of ether oxygens (including phenoxy) is 1. The number of esters is 1. The largest absolute Gasteiger partial charge is 0.460 e. The Morgan fingerprint density at radius 3 is 2.67 bits per heavy atom. The Morgan fingerprint density at radius 1 is 1.24 bits per heavy atom. The van der Waals surface area contributed by atoms with Crippen molar-refractivity contribution in [2.75, 3.05) is 29.0 Å². The summed E-state index contributed by atoms with van der Waals surface area (Å²) >= 11 is 0. The number of carbonyl (C=O) groups is 2. The maximum absolute atomic E-state index is 13.4. The van der Waals surface area contributed by atoms with Crippen molar-refractivity contribution in [3.63, 3.8) is 0 Å². The molecule has 0 unspecified atom stereocenters. The van der Waals surface area contributed by atoms with Crippen molar-refractivity contribution in [2.45, 2.75) is 39.2 Å². The van der Waals surface area contributed by atoms with Crippen molar-refractivity contribution in [1.29, 1.82) is 0 Å². The molecule has 3 aromatic heterocycles. The van der Waals surface area contributed by atoms with Crippen LogP contribution in [0.5, 0.6) is 0 Å². The Hall–Kier alpha value is -3.76. The van der Waals surface area contributed by atoms with Crippen LogP contribution in [0.4, 0.5) is 21.6 Å². The highest BCUT2D eigenvalue weighted by atomic mass is 19.1. The molecule has 0 spiro atoms. The van der Waals surface area contributed by atoms with Gasteiger partial charge in [-0.2, -0.15) is 0 Å². The van der Waals surface area contributed by atoms with Gasteiger partial charge in [0, 0.05) is 19.3 Å². The Morgan fingerprint density at radius 2 is 1.97 bits per heavy atom. The third-order valence-corrected chi connectivity index (χ3v) is 5.32. The number of nitrogens with one attached hydrogen (secondary N) is 1. The number of piperidine rings is 1. The van der Waals surface area contributed by atoms with Gasteiger partial charge in [-0.3, -0.25) is 14.6 Å². The normalized spacial score (nSPS) is 15.0. The Kier molecular flexibility index (Phi) is 5.88. The summed E-state index contributed by atoms with van der Waals surface area (Å²) < 4.78 is 20.1. The molecule has 1 saturated heterocycles. The summed E-state index contributed by atoms with van der Waals surface area (Å²) in [5.74, 6) is -1.53. The maximum Gasteiger partial charge on any atom is 0.309 e. The van der Waals surface area contributed by atoms with Crippen LogP contribution in [0.1, 0.15) is 44.0 Å². The smallest absolute Gasteiger partial charge is 0.309 e. The number of aromatic nitrogens is 4. The summed E-state index contributed by atoms with van der Waals surface area (Å²) in [5.41, 5.74) is 6.84. The monoisotopic (exact) mass is 455 g/mol. The zero-order valence-electron chi connectivity index (χ0n) is 18.7. The number of hydrogen-bond donors (Lipinski definition) is 2. The lowest BCUT2D eigenvalue weighted by molar-refractivity contribution is -0.160. The van der Waals surface area contributed by atoms with E-state index in [1.807, 2.05) is 20.8 Å². The fourth-order valence-corrected chi connectivity index (χ4v) is 3.83. The standard InChI is InChI=1S/C22H26FN7O3/c1-22(2,3)33-21(32)13-5-8-29(9-6-13)16-4-7-25-11-15(16)27-20(31)17-18(24)28-30-12-14(23)10-26-19(17)30/h4,7,10-13H,5-6,8-9H2,1-3H3,(H2,24,28)(H,27,31). The van der Waals surface area contributed by atoms with Gasteiger partial charge >= 0.3 is 5.97 Å². The highest BCUT2D eigenvalue weighted by Gasteiger charge is 2.30. The van der Waals surface area contributed by atoms with Crippen molar-refractivity contribution in [3.8, 4) is 0 Å². The van der Waals surface area contributed by atoms with E-state index in [-0.39, 0.29) is 28.9 Å². The van der Waals surface area contributed by atoms with Crippen LogP contribution in [0, 0.1) is 11.7 Å². The molecule has 0 atom stereocenters. The molecule has 0 aromatic carbocycles. The average Bonchev–Trinajstić information content (AvgIpc) is 3.08. The fraction of sp³-hybridized carbons (Fsp3) is 0.409. The second-order valence-corrected chi connectivity index (χ2v) is 8.94. The number of rotatable bonds is 4. The van der Waals surface area contributed by atoms with E-state index < -0.39 is 17.3 Å². The highest BCUT2D eigenvalue weighted by molar-refractivity contribution is 6.12. The van der Waals surface area contributed by atoms with Gasteiger partial charge in [0.2, 0.25) is 0 Å². The number of nitrogens with zero attached hydrogens (tertiary/aromatic N) is 5. The third-order valence-electron chi connectivity index (χ3n) is 5.32. The molecule has 4 rings (SSSR count). The Labute approximate surface area is 189 Å². The van der Waals surface area contributed by atoms with Gasteiger partial charge in [-0.25, -0.2) is 13.9 Å². The van der Waals surface area contributed by atoms with Gasteiger partial charge in [0.25, 0.3) is 5.91 Å². The molecule has 1 aliphatic rings. The number of fused-ring (bicyclic) bond motifs is 1. The van der Waals surface area contributed by atoms with Gasteiger partial charge < -0.3 is 20.7 Å². The van der Waals surface area contributed by atoms with Crippen molar-refractivity contribution < 1.29 is 18.7 Å². The van der Waals surface area contributed by atoms with E-state index in [2.05, 4.69) is 25.3 Å². The molecule has 3 aromatic rings. The molecule has 174 valence electrons. The lowest BCUT2D eigenvalue weighted by Gasteiger charge is -2.34. The number of carbonyl (C=O) groups excluding carboxylic acids is 2. The summed E-state index contributed by atoms with van der Waals surface area (Å²) in [6, 6.07) is 1.80. The quantitative estimate of drug-likeness (QED) is 0.575. The SMILES string of the molecule is CC(C)(C)OC(=O)C1CCN(c2ccncc2NC(=O)c2c(N)nn3cc(F)cnc23)CC1. The lowest BCUT2D eigenvalue weighted by Crippen LogP contribution is -2.39. The minimum atomic E-state index is -0.596. The molecular formula is C22H26FN7O3. The van der Waals surface area contributed by atoms with E-state index in [1.165, 1.54) is 0 Å². The number of nitrogens with two attached hydrogens (primary N) is 1. The van der Waals surface area contributed by atoms with Crippen LogP contribution in [0.2, 0.25) is 0 Å². The Bertz CT molecular complexity index is 1200. The van der Waals surface area contributed by atoms with Crippen LogP contribution >= 0.6 is 0 Å². The molecule has 3 N–H and O–H groups in total. The molecule has 0 radical (unpaired) electrons. The first kappa shape index (κ1) is 22.4. The van der Waals surface area contributed by atoms with Gasteiger partial charge in [-0.05, 0) is 39.7 Å². The van der Waals surface area contributed by atoms with Crippen LogP contribution in [-0.2, 0) is 9.53 Å². The van der Waals surface area contributed by atoms with E-state index in [9.17, 15) is 14.0 Å². The van der Waals surface area contributed by atoms with Crippen LogP contribution < -0.4 is 16.0 Å². The van der Waals surface area contributed by atoms with Gasteiger partial charge in [-0.1, -0.05) is 0 Å². The zero-order chi connectivity index (χ0) is 23.8. The second-order valence-electron chi connectivity index (χ2n) is 8.94. The topological polar surface area (TPSA) is 128 Å². The lowest BCUT2D eigenvalue weighted by atomic mass is 9.96. The van der Waals surface area contributed by atoms with Gasteiger partial charge in [-0.15, -0.1) is 5.10 Å². The Balaban J connectivity index is 1.50. The molecule has 11 heteroatoms. The summed E-state index contributed by atoms with van der Waals surface area (Å²) in [4.78, 5) is 35.6. The molecule has 1 fully saturated rings. The summed E-state index contributed by atoms with van der Waals surface area (Å²) in [7, 11) is 0. The minimum Gasteiger partial charge on any atom is -0.460 e. The van der Waals surface area contributed by atoms with Crippen molar-refractivity contribution in [3.05, 3.63) is 42.2 Å². The van der Waals surface area contributed by atoms with E-state index in [1.54, 1.807) is 18.5 Å². The molecule has 33 heavy (non-hydrogen) atoms. The van der Waals surface area contributed by atoms with Gasteiger partial charge in [0.05, 0.1) is 35.9 Å². The second kappa shape index (κ2) is 8.64. The highest BCUT2D eigenvalue weighted by Crippen LogP contribution is 2.31. The molecule has 10 nitrogen and oxygen atoms in total. The van der Waals surface area contributed by atoms with Crippen LogP contribution in [0.15, 0.2) is 30.9 Å². The van der Waals surface area contributed by atoms with Crippen molar-refractivity contribution in [2.24, 2.45) is 5.92 Å². The summed E-state index contributed by atoms with van der Waals surface area (Å²) in [6.07, 6.45) is 6.56. The predicted octanol–water partition coefficient (Wildman–Crippen LogP) is 2.66. The molecule has 1 aliphatic heterocycles. The summed E-state index contributed by atoms with van der Waals surface area (Å²) in [5, 5.41) is 6.78. The number of pyridine rings is 1. The molecule has 1 amide bonds. The first-order chi connectivity index (χ1) is 15.6. The summed E-state index contributed by atoms with van der Waals surface area (Å²) in [6.45, 7) is 6.81. The van der Waals surface area contributed by atoms with Gasteiger partial charge in [0.1, 0.15) is 11.2 Å². The first-order valence-electron chi connectivity index (χ1n) is 10.6. The average molecular weight is 455 g/mol. The van der Waals surface area contributed by atoms with Crippen molar-refractivity contribution in [1.82, 2.24) is 19.6 Å². The van der Waals surface area contributed by atoms with E-state index in [4.69, 9.17) is 10.5 Å². The van der Waals surface area contributed by atoms with Gasteiger partial charge in [0.15, 0.2) is 17.3 Å². The maximum atomic E-state index is 13.4. The van der Waals surface area contributed by atoms with Crippen LogP contribution in [0.25, 0.3) is 5.65 Å². The first-order valence-corrected chi connectivity index (χ1v) is 10.6. The van der Waals surface area contributed by atoms with Crippen LogP contribution in [0.3, 0.4) is 0 Å². The van der Waals surface area contributed by atoms with E-state index in [0.717, 1.165) is 22.6 Å². The van der Waals surface area contributed by atoms with E-state index in [0.29, 0.717) is 31.6 Å². The zero-order valence-corrected chi connectivity index (χ0v) is 18.7. The van der Waals surface area contributed by atoms with Crippen molar-refractivity contribution >= 4 is 34.7 Å². The predicted molar refractivity (Wildman–Crippen MR) is 120 cm³/mol. The minimum absolute atomic E-state index is 0.0495. The molecule has 4 heterocycles. The molecular weight excluding hydrogens is 429 g/mol. The van der Waals surface area contributed by atoms with Crippen LogP contribution in [-0.4, -0.2) is 50.1 Å².